The second kappa shape index (κ2) is 8.81. The van der Waals surface area contributed by atoms with E-state index in [0.717, 1.165) is 38.0 Å². The van der Waals surface area contributed by atoms with E-state index in [0.29, 0.717) is 23.7 Å². The molecule has 1 saturated heterocycles. The number of anilines is 1. The number of amides is 1. The van der Waals surface area contributed by atoms with Crippen LogP contribution in [0.4, 0.5) is 10.2 Å². The minimum Gasteiger partial charge on any atom is -0.491 e. The van der Waals surface area contributed by atoms with E-state index in [1.807, 2.05) is 6.92 Å². The van der Waals surface area contributed by atoms with Crippen LogP contribution in [0.5, 0.6) is 5.75 Å². The SMILES string of the molecule is CCOc1cc(CN2CCC(NC(=O)c3ccc(N)nc3)CC2)ccc1F. The summed E-state index contributed by atoms with van der Waals surface area (Å²) in [4.78, 5) is 18.5. The van der Waals surface area contributed by atoms with E-state index in [1.165, 1.54) is 12.3 Å². The van der Waals surface area contributed by atoms with Gasteiger partial charge in [-0.15, -0.1) is 0 Å². The number of carbonyl (C=O) groups excluding carboxylic acids is 1. The van der Waals surface area contributed by atoms with Crippen molar-refractivity contribution in [3.8, 4) is 5.75 Å². The molecule has 1 aromatic heterocycles. The third-order valence-corrected chi connectivity index (χ3v) is 4.67. The number of nitrogens with zero attached hydrogens (tertiary/aromatic N) is 2. The minimum absolute atomic E-state index is 0.124. The van der Waals surface area contributed by atoms with Crippen molar-refractivity contribution in [1.82, 2.24) is 15.2 Å². The lowest BCUT2D eigenvalue weighted by molar-refractivity contribution is 0.0908. The highest BCUT2D eigenvalue weighted by atomic mass is 19.1. The Bertz CT molecular complexity index is 774. The molecule has 6 nitrogen and oxygen atoms in total. The zero-order chi connectivity index (χ0) is 19.2. The van der Waals surface area contributed by atoms with Gasteiger partial charge in [0.1, 0.15) is 5.82 Å². The monoisotopic (exact) mass is 372 g/mol. The average molecular weight is 372 g/mol. The van der Waals surface area contributed by atoms with E-state index in [1.54, 1.807) is 24.3 Å². The maximum absolute atomic E-state index is 13.7. The number of nitrogens with two attached hydrogens (primary N) is 1. The molecule has 144 valence electrons. The van der Waals surface area contributed by atoms with Gasteiger partial charge < -0.3 is 15.8 Å². The van der Waals surface area contributed by atoms with E-state index >= 15 is 0 Å². The zero-order valence-electron chi connectivity index (χ0n) is 15.5. The molecule has 2 heterocycles. The molecule has 0 spiro atoms. The summed E-state index contributed by atoms with van der Waals surface area (Å²) in [6.45, 7) is 4.75. The first-order valence-corrected chi connectivity index (χ1v) is 9.21. The lowest BCUT2D eigenvalue weighted by Crippen LogP contribution is -2.44. The third kappa shape index (κ3) is 5.17. The molecule has 0 bridgehead atoms. The summed E-state index contributed by atoms with van der Waals surface area (Å²) >= 11 is 0. The van der Waals surface area contributed by atoms with Gasteiger partial charge in [-0.3, -0.25) is 9.69 Å². The molecule has 1 fully saturated rings. The van der Waals surface area contributed by atoms with E-state index in [-0.39, 0.29) is 17.8 Å². The Hall–Kier alpha value is -2.67. The number of benzene rings is 1. The number of halogens is 1. The van der Waals surface area contributed by atoms with Crippen LogP contribution >= 0.6 is 0 Å². The summed E-state index contributed by atoms with van der Waals surface area (Å²) < 4.78 is 19.0. The molecule has 0 unspecified atom stereocenters. The number of likely N-dealkylation sites (tertiary alicyclic amines) is 1. The van der Waals surface area contributed by atoms with Crippen LogP contribution in [0.2, 0.25) is 0 Å². The van der Waals surface area contributed by atoms with Gasteiger partial charge >= 0.3 is 0 Å². The maximum atomic E-state index is 13.7. The quantitative estimate of drug-likeness (QED) is 0.815. The second-order valence-corrected chi connectivity index (χ2v) is 6.69. The van der Waals surface area contributed by atoms with Crippen molar-refractivity contribution in [3.05, 3.63) is 53.5 Å². The highest BCUT2D eigenvalue weighted by Gasteiger charge is 2.21. The number of pyridine rings is 1. The maximum Gasteiger partial charge on any atom is 0.253 e. The Kier molecular flexibility index (Phi) is 6.24. The normalized spacial score (nSPS) is 15.5. The standard InChI is InChI=1S/C20H25FN4O2/c1-2-27-18-11-14(3-5-17(18)21)13-25-9-7-16(8-10-25)24-20(26)15-4-6-19(22)23-12-15/h3-6,11-12,16H,2,7-10,13H2,1H3,(H2,22,23)(H,24,26). The van der Waals surface area contributed by atoms with Crippen molar-refractivity contribution in [2.45, 2.75) is 32.4 Å². The topological polar surface area (TPSA) is 80.5 Å². The third-order valence-electron chi connectivity index (χ3n) is 4.67. The molecular weight excluding hydrogens is 347 g/mol. The van der Waals surface area contributed by atoms with Crippen LogP contribution in [0.15, 0.2) is 36.5 Å². The van der Waals surface area contributed by atoms with Crippen LogP contribution < -0.4 is 15.8 Å². The summed E-state index contributed by atoms with van der Waals surface area (Å²) in [5, 5.41) is 3.06. The van der Waals surface area contributed by atoms with Crippen LogP contribution in [0.25, 0.3) is 0 Å². The summed E-state index contributed by atoms with van der Waals surface area (Å²) in [6, 6.07) is 8.45. The number of aromatic nitrogens is 1. The summed E-state index contributed by atoms with van der Waals surface area (Å²) in [5.74, 6) is 0.238. The van der Waals surface area contributed by atoms with Crippen LogP contribution in [0.1, 0.15) is 35.7 Å². The molecule has 3 rings (SSSR count). The van der Waals surface area contributed by atoms with Gasteiger partial charge in [0.05, 0.1) is 12.2 Å². The van der Waals surface area contributed by atoms with Crippen molar-refractivity contribution >= 4 is 11.7 Å². The van der Waals surface area contributed by atoms with Crippen LogP contribution in [0.3, 0.4) is 0 Å². The van der Waals surface area contributed by atoms with Gasteiger partial charge in [-0.1, -0.05) is 6.07 Å². The van der Waals surface area contributed by atoms with E-state index in [2.05, 4.69) is 15.2 Å². The first-order chi connectivity index (χ1) is 13.0. The second-order valence-electron chi connectivity index (χ2n) is 6.69. The molecule has 0 aliphatic carbocycles. The average Bonchev–Trinajstić information content (AvgIpc) is 2.67. The fourth-order valence-corrected chi connectivity index (χ4v) is 3.21. The Labute approximate surface area is 158 Å². The van der Waals surface area contributed by atoms with E-state index < -0.39 is 0 Å². The zero-order valence-corrected chi connectivity index (χ0v) is 15.5. The number of piperidine rings is 1. The molecule has 1 amide bonds. The molecule has 1 aromatic carbocycles. The fraction of sp³-hybridized carbons (Fsp3) is 0.400. The van der Waals surface area contributed by atoms with Gasteiger partial charge in [0.15, 0.2) is 11.6 Å². The number of carbonyl (C=O) groups is 1. The van der Waals surface area contributed by atoms with Crippen LogP contribution in [-0.2, 0) is 6.54 Å². The van der Waals surface area contributed by atoms with Gasteiger partial charge in [-0.25, -0.2) is 9.37 Å². The van der Waals surface area contributed by atoms with Crippen molar-refractivity contribution < 1.29 is 13.9 Å². The van der Waals surface area contributed by atoms with Crippen LogP contribution in [0, 0.1) is 5.82 Å². The van der Waals surface area contributed by atoms with Crippen molar-refractivity contribution in [1.29, 1.82) is 0 Å². The van der Waals surface area contributed by atoms with Gasteiger partial charge in [-0.05, 0) is 49.6 Å². The fourth-order valence-electron chi connectivity index (χ4n) is 3.21. The lowest BCUT2D eigenvalue weighted by atomic mass is 10.0. The van der Waals surface area contributed by atoms with Crippen LogP contribution in [-0.4, -0.2) is 41.5 Å². The molecule has 1 aliphatic rings. The number of rotatable bonds is 6. The smallest absolute Gasteiger partial charge is 0.253 e. The lowest BCUT2D eigenvalue weighted by Gasteiger charge is -2.32. The van der Waals surface area contributed by atoms with E-state index in [4.69, 9.17) is 10.5 Å². The highest BCUT2D eigenvalue weighted by molar-refractivity contribution is 5.94. The number of hydrogen-bond donors (Lipinski definition) is 2. The highest BCUT2D eigenvalue weighted by Crippen LogP contribution is 2.21. The number of nitrogens with one attached hydrogen (secondary N) is 1. The van der Waals surface area contributed by atoms with Gasteiger partial charge in [-0.2, -0.15) is 0 Å². The molecule has 0 radical (unpaired) electrons. The number of nitrogen functional groups attached to an aromatic ring is 1. The molecule has 2 aromatic rings. The number of ether oxygens (including phenoxy) is 1. The molecule has 3 N–H and O–H groups in total. The summed E-state index contributed by atoms with van der Waals surface area (Å²) in [6.07, 6.45) is 3.23. The molecular formula is C20H25FN4O2. The number of hydrogen-bond acceptors (Lipinski definition) is 5. The Balaban J connectivity index is 1.49. The summed E-state index contributed by atoms with van der Waals surface area (Å²) in [7, 11) is 0. The minimum atomic E-state index is -0.334. The molecule has 0 atom stereocenters. The Morgan fingerprint density at radius 1 is 1.33 bits per heavy atom. The van der Waals surface area contributed by atoms with Gasteiger partial charge in [0.25, 0.3) is 5.91 Å². The van der Waals surface area contributed by atoms with E-state index in [9.17, 15) is 9.18 Å². The van der Waals surface area contributed by atoms with Crippen molar-refractivity contribution in [3.63, 3.8) is 0 Å². The molecule has 0 saturated carbocycles. The largest absolute Gasteiger partial charge is 0.491 e. The first-order valence-electron chi connectivity index (χ1n) is 9.21. The van der Waals surface area contributed by atoms with Gasteiger partial charge in [0, 0.05) is 31.9 Å². The summed E-state index contributed by atoms with van der Waals surface area (Å²) in [5.41, 5.74) is 7.09. The predicted molar refractivity (Wildman–Crippen MR) is 102 cm³/mol. The van der Waals surface area contributed by atoms with Crippen molar-refractivity contribution in [2.24, 2.45) is 0 Å². The van der Waals surface area contributed by atoms with Crippen molar-refractivity contribution in [2.75, 3.05) is 25.4 Å². The first kappa shape index (κ1) is 19.1. The Morgan fingerprint density at radius 2 is 2.11 bits per heavy atom. The molecule has 27 heavy (non-hydrogen) atoms. The predicted octanol–water partition coefficient (Wildman–Crippen LogP) is 2.60. The van der Waals surface area contributed by atoms with Gasteiger partial charge in [0.2, 0.25) is 0 Å². The Morgan fingerprint density at radius 3 is 2.78 bits per heavy atom. The molecule has 7 heteroatoms. The molecule has 1 aliphatic heterocycles.